The molecule has 0 heterocycles. The van der Waals surface area contributed by atoms with Gasteiger partial charge in [0.25, 0.3) is 0 Å². The number of rotatable bonds is 18. The molecule has 0 unspecified atom stereocenters. The zero-order valence-electron chi connectivity index (χ0n) is 20.7. The zero-order valence-corrected chi connectivity index (χ0v) is 21.6. The highest BCUT2D eigenvalue weighted by Gasteiger charge is 2.37. The van der Waals surface area contributed by atoms with E-state index >= 15 is 0 Å². The summed E-state index contributed by atoms with van der Waals surface area (Å²) in [5, 5.41) is 36.2. The smallest absolute Gasteiger partial charge is 0.416 e. The molecule has 0 aromatic heterocycles. The van der Waals surface area contributed by atoms with E-state index in [0.717, 1.165) is 4.90 Å². The van der Waals surface area contributed by atoms with E-state index in [4.69, 9.17) is 15.3 Å². The minimum absolute atomic E-state index is 0.00805. The molecule has 40 heavy (non-hydrogen) atoms. The van der Waals surface area contributed by atoms with Gasteiger partial charge in [-0.3, -0.25) is 33.9 Å². The molecule has 0 fully saturated rings. The van der Waals surface area contributed by atoms with Gasteiger partial charge in [0.1, 0.15) is 0 Å². The minimum atomic E-state index is -5.02. The van der Waals surface area contributed by atoms with Crippen LogP contribution in [0.1, 0.15) is 11.1 Å². The molecule has 0 aliphatic heterocycles. The number of nitrogens with zero attached hydrogens (tertiary/aromatic N) is 3. The first-order valence-corrected chi connectivity index (χ1v) is 12.3. The number of alkyl halides is 6. The van der Waals surface area contributed by atoms with Gasteiger partial charge in [-0.2, -0.15) is 26.3 Å². The fourth-order valence-corrected chi connectivity index (χ4v) is 4.39. The van der Waals surface area contributed by atoms with E-state index in [1.54, 1.807) is 0 Å². The van der Waals surface area contributed by atoms with Crippen LogP contribution in [0.2, 0.25) is 0 Å². The summed E-state index contributed by atoms with van der Waals surface area (Å²) in [6.07, 6.45) is -10.0. The molecule has 1 aromatic rings. The Labute approximate surface area is 227 Å². The Kier molecular flexibility index (Phi) is 13.7. The van der Waals surface area contributed by atoms with Crippen LogP contribution >= 0.6 is 11.8 Å². The van der Waals surface area contributed by atoms with Gasteiger partial charge in [-0.05, 0) is 18.2 Å². The van der Waals surface area contributed by atoms with Gasteiger partial charge >= 0.3 is 36.2 Å². The van der Waals surface area contributed by atoms with Gasteiger partial charge in [-0.1, -0.05) is 0 Å². The third kappa shape index (κ3) is 14.3. The first kappa shape index (κ1) is 34.9. The number of halogens is 6. The largest absolute Gasteiger partial charge is 0.480 e. The SMILES string of the molecule is O=C(O)CN(CCSc1cc(C(F)(F)F)cc(C(F)(F)F)c1)CCN(CCN(CC(=O)O)CC(=O)O)CC(=O)O. The number of aliphatic carboxylic acids is 4. The maximum absolute atomic E-state index is 13.1. The summed E-state index contributed by atoms with van der Waals surface area (Å²) in [5.41, 5.74) is -2.98. The quantitative estimate of drug-likeness (QED) is 0.142. The average Bonchev–Trinajstić information content (AvgIpc) is 2.77. The van der Waals surface area contributed by atoms with Crippen molar-refractivity contribution in [1.29, 1.82) is 0 Å². The molecule has 0 atom stereocenters. The van der Waals surface area contributed by atoms with Crippen molar-refractivity contribution in [1.82, 2.24) is 14.7 Å². The molecule has 0 amide bonds. The molecule has 0 bridgehead atoms. The molecule has 18 heteroatoms. The van der Waals surface area contributed by atoms with Crippen molar-refractivity contribution in [3.05, 3.63) is 29.3 Å². The van der Waals surface area contributed by atoms with Crippen molar-refractivity contribution < 1.29 is 65.9 Å². The molecule has 0 radical (unpaired) electrons. The first-order valence-electron chi connectivity index (χ1n) is 11.3. The normalized spacial score (nSPS) is 12.3. The van der Waals surface area contributed by atoms with Gasteiger partial charge < -0.3 is 20.4 Å². The number of carboxylic acids is 4. The lowest BCUT2D eigenvalue weighted by molar-refractivity contribution is -0.144. The van der Waals surface area contributed by atoms with Crippen LogP contribution in [0.15, 0.2) is 23.1 Å². The van der Waals surface area contributed by atoms with Gasteiger partial charge in [0.2, 0.25) is 0 Å². The molecular weight excluding hydrogens is 580 g/mol. The van der Waals surface area contributed by atoms with E-state index in [9.17, 15) is 50.6 Å². The van der Waals surface area contributed by atoms with Crippen LogP contribution in [0, 0.1) is 0 Å². The molecule has 11 nitrogen and oxygen atoms in total. The van der Waals surface area contributed by atoms with Crippen molar-refractivity contribution in [3.8, 4) is 0 Å². The van der Waals surface area contributed by atoms with Gasteiger partial charge in [0, 0.05) is 43.4 Å². The highest BCUT2D eigenvalue weighted by atomic mass is 32.2. The molecule has 0 saturated heterocycles. The summed E-state index contributed by atoms with van der Waals surface area (Å²) in [7, 11) is 0. The van der Waals surface area contributed by atoms with Crippen molar-refractivity contribution >= 4 is 35.6 Å². The maximum Gasteiger partial charge on any atom is 0.416 e. The third-order valence-electron chi connectivity index (χ3n) is 5.14. The second-order valence-corrected chi connectivity index (χ2v) is 9.60. The van der Waals surface area contributed by atoms with Crippen molar-refractivity contribution in [2.75, 3.05) is 64.7 Å². The standard InChI is InChI=1S/C22H27F6N3O8S/c23-21(24,25)14-7-15(22(26,27)28)9-16(8-14)40-6-5-30(11-18(34)35)2-1-29(10-17(32)33)3-4-31(12-19(36)37)13-20(38)39/h7-9H,1-6,10-13H2,(H,32,33)(H,34,35)(H,36,37)(H,38,39). The van der Waals surface area contributed by atoms with Crippen LogP contribution in [0.4, 0.5) is 26.3 Å². The summed E-state index contributed by atoms with van der Waals surface area (Å²) in [6.45, 7) is -2.84. The van der Waals surface area contributed by atoms with E-state index in [2.05, 4.69) is 0 Å². The Hall–Kier alpha value is -3.09. The van der Waals surface area contributed by atoms with Crippen LogP contribution in [-0.4, -0.2) is 124 Å². The number of hydrogen-bond donors (Lipinski definition) is 4. The molecule has 1 aromatic carbocycles. The Bertz CT molecular complexity index is 993. The molecule has 0 spiro atoms. The lowest BCUT2D eigenvalue weighted by Crippen LogP contribution is -2.45. The number of hydrogen-bond acceptors (Lipinski definition) is 8. The number of benzene rings is 1. The molecule has 4 N–H and O–H groups in total. The highest BCUT2D eigenvalue weighted by Crippen LogP contribution is 2.38. The Balaban J connectivity index is 2.90. The molecule has 0 saturated carbocycles. The molecule has 0 aliphatic carbocycles. The molecule has 0 aliphatic rings. The van der Waals surface area contributed by atoms with Crippen molar-refractivity contribution in [3.63, 3.8) is 0 Å². The zero-order chi connectivity index (χ0) is 30.7. The van der Waals surface area contributed by atoms with Gasteiger partial charge in [0.15, 0.2) is 0 Å². The van der Waals surface area contributed by atoms with Crippen LogP contribution in [0.3, 0.4) is 0 Å². The summed E-state index contributed by atoms with van der Waals surface area (Å²) < 4.78 is 78.5. The summed E-state index contributed by atoms with van der Waals surface area (Å²) >= 11 is 0.647. The van der Waals surface area contributed by atoms with E-state index in [1.165, 1.54) is 9.80 Å². The molecular formula is C22H27F6N3O8S. The summed E-state index contributed by atoms with van der Waals surface area (Å²) in [6, 6.07) is 1.10. The number of thioether (sulfide) groups is 1. The lowest BCUT2D eigenvalue weighted by atomic mass is 10.1. The Morgan fingerprint density at radius 3 is 1.25 bits per heavy atom. The van der Waals surface area contributed by atoms with Crippen LogP contribution in [0.25, 0.3) is 0 Å². The summed E-state index contributed by atoms with van der Waals surface area (Å²) in [4.78, 5) is 47.7. The maximum atomic E-state index is 13.1. The van der Waals surface area contributed by atoms with E-state index < -0.39 is 73.5 Å². The number of carboxylic acid groups (broad SMARTS) is 4. The van der Waals surface area contributed by atoms with E-state index in [0.29, 0.717) is 23.9 Å². The third-order valence-corrected chi connectivity index (χ3v) is 6.09. The van der Waals surface area contributed by atoms with E-state index in [1.807, 2.05) is 0 Å². The van der Waals surface area contributed by atoms with Crippen LogP contribution < -0.4 is 0 Å². The number of carbonyl (C=O) groups is 4. The fraction of sp³-hybridized carbons (Fsp3) is 0.545. The minimum Gasteiger partial charge on any atom is -0.480 e. The monoisotopic (exact) mass is 607 g/mol. The lowest BCUT2D eigenvalue weighted by Gasteiger charge is -2.27. The van der Waals surface area contributed by atoms with E-state index in [-0.39, 0.29) is 49.4 Å². The Morgan fingerprint density at radius 2 is 0.900 bits per heavy atom. The fourth-order valence-electron chi connectivity index (χ4n) is 3.39. The van der Waals surface area contributed by atoms with Crippen molar-refractivity contribution in [2.24, 2.45) is 0 Å². The highest BCUT2D eigenvalue weighted by molar-refractivity contribution is 7.99. The average molecular weight is 608 g/mol. The first-order chi connectivity index (χ1) is 18.4. The van der Waals surface area contributed by atoms with Crippen molar-refractivity contribution in [2.45, 2.75) is 17.2 Å². The van der Waals surface area contributed by atoms with Gasteiger partial charge in [-0.15, -0.1) is 11.8 Å². The second-order valence-electron chi connectivity index (χ2n) is 8.43. The molecule has 226 valence electrons. The van der Waals surface area contributed by atoms with Crippen LogP contribution in [0.5, 0.6) is 0 Å². The molecule has 1 rings (SSSR count). The predicted molar refractivity (Wildman–Crippen MR) is 127 cm³/mol. The summed E-state index contributed by atoms with van der Waals surface area (Å²) in [5.74, 6) is -5.27. The van der Waals surface area contributed by atoms with Crippen LogP contribution in [-0.2, 0) is 31.5 Å². The van der Waals surface area contributed by atoms with Gasteiger partial charge in [-0.25, -0.2) is 0 Å². The Morgan fingerprint density at radius 1 is 0.575 bits per heavy atom. The predicted octanol–water partition coefficient (Wildman–Crippen LogP) is 2.06. The second kappa shape index (κ2) is 15.6. The topological polar surface area (TPSA) is 159 Å². The van der Waals surface area contributed by atoms with Gasteiger partial charge in [0.05, 0.1) is 37.3 Å².